The van der Waals surface area contributed by atoms with E-state index < -0.39 is 0 Å². The van der Waals surface area contributed by atoms with Gasteiger partial charge in [0.1, 0.15) is 0 Å². The first kappa shape index (κ1) is 9.17. The Bertz CT molecular complexity index is 292. The Morgan fingerprint density at radius 3 is 2.69 bits per heavy atom. The number of rotatable bonds is 0. The van der Waals surface area contributed by atoms with Gasteiger partial charge in [-0.05, 0) is 37.0 Å². The summed E-state index contributed by atoms with van der Waals surface area (Å²) in [5.41, 5.74) is 2.43. The fraction of sp³-hybridized carbons (Fsp3) is 0.400. The van der Waals surface area contributed by atoms with Crippen molar-refractivity contribution in [2.45, 2.75) is 19.3 Å². The Balaban J connectivity index is 2.43. The van der Waals surface area contributed by atoms with Crippen molar-refractivity contribution in [1.82, 2.24) is 0 Å². The lowest BCUT2D eigenvalue weighted by Gasteiger charge is -2.08. The molecule has 0 aromatic heterocycles. The number of aryl methyl sites for hydroxylation is 1. The molecule has 0 atom stereocenters. The van der Waals surface area contributed by atoms with Crippen molar-refractivity contribution >= 4 is 28.9 Å². The van der Waals surface area contributed by atoms with Gasteiger partial charge >= 0.3 is 0 Å². The van der Waals surface area contributed by atoms with Crippen LogP contribution in [0.3, 0.4) is 0 Å². The van der Waals surface area contributed by atoms with Gasteiger partial charge in [-0.15, -0.1) is 0 Å². The van der Waals surface area contributed by atoms with E-state index in [0.29, 0.717) is 10.0 Å². The molecule has 0 amide bonds. The Morgan fingerprint density at radius 2 is 1.85 bits per heavy atom. The number of anilines is 1. The second-order valence-electron chi connectivity index (χ2n) is 3.31. The van der Waals surface area contributed by atoms with Gasteiger partial charge in [0.25, 0.3) is 0 Å². The van der Waals surface area contributed by atoms with Gasteiger partial charge in [0.05, 0.1) is 10.0 Å². The summed E-state index contributed by atoms with van der Waals surface area (Å²) in [6.07, 6.45) is 3.53. The Hall–Kier alpha value is -0.400. The van der Waals surface area contributed by atoms with Gasteiger partial charge in [0.2, 0.25) is 0 Å². The van der Waals surface area contributed by atoms with E-state index in [1.54, 1.807) is 0 Å². The largest absolute Gasteiger partial charge is 0.385 e. The summed E-state index contributed by atoms with van der Waals surface area (Å²) < 4.78 is 0. The quantitative estimate of drug-likeness (QED) is 0.696. The summed E-state index contributed by atoms with van der Waals surface area (Å²) in [4.78, 5) is 0. The minimum absolute atomic E-state index is 0.634. The van der Waals surface area contributed by atoms with Crippen LogP contribution in [0.5, 0.6) is 0 Å². The van der Waals surface area contributed by atoms with Gasteiger partial charge in [-0.1, -0.05) is 23.2 Å². The van der Waals surface area contributed by atoms with Crippen molar-refractivity contribution < 1.29 is 0 Å². The molecule has 0 unspecified atom stereocenters. The predicted octanol–water partition coefficient (Wildman–Crippen LogP) is 3.74. The second kappa shape index (κ2) is 3.77. The topological polar surface area (TPSA) is 12.0 Å². The minimum atomic E-state index is 0.634. The van der Waals surface area contributed by atoms with E-state index >= 15 is 0 Å². The molecule has 0 aliphatic carbocycles. The smallest absolute Gasteiger partial charge is 0.0613 e. The van der Waals surface area contributed by atoms with Crippen LogP contribution in [0.25, 0.3) is 0 Å². The van der Waals surface area contributed by atoms with Gasteiger partial charge in [-0.2, -0.15) is 0 Å². The molecule has 0 fully saturated rings. The van der Waals surface area contributed by atoms with Crippen LogP contribution in [-0.4, -0.2) is 6.54 Å². The molecule has 0 bridgehead atoms. The van der Waals surface area contributed by atoms with E-state index in [0.717, 1.165) is 18.7 Å². The number of hydrogen-bond donors (Lipinski definition) is 1. The van der Waals surface area contributed by atoms with Crippen molar-refractivity contribution in [3.8, 4) is 0 Å². The highest BCUT2D eigenvalue weighted by atomic mass is 35.5. The Labute approximate surface area is 88.0 Å². The molecule has 13 heavy (non-hydrogen) atoms. The van der Waals surface area contributed by atoms with Crippen molar-refractivity contribution in [3.05, 3.63) is 27.7 Å². The highest BCUT2D eigenvalue weighted by Crippen LogP contribution is 2.31. The summed E-state index contributed by atoms with van der Waals surface area (Å²) in [6, 6.07) is 3.89. The SMILES string of the molecule is Clc1cc2c(cc1Cl)NCCCC2. The van der Waals surface area contributed by atoms with E-state index in [4.69, 9.17) is 23.2 Å². The molecule has 0 radical (unpaired) electrons. The molecule has 1 N–H and O–H groups in total. The summed E-state index contributed by atoms with van der Waals surface area (Å²) in [5, 5.41) is 4.64. The Morgan fingerprint density at radius 1 is 1.08 bits per heavy atom. The molecule has 0 spiro atoms. The monoisotopic (exact) mass is 215 g/mol. The van der Waals surface area contributed by atoms with Crippen LogP contribution in [0.4, 0.5) is 5.69 Å². The Kier molecular flexibility index (Phi) is 2.66. The summed E-state index contributed by atoms with van der Waals surface area (Å²) in [6.45, 7) is 1.03. The van der Waals surface area contributed by atoms with Crippen LogP contribution < -0.4 is 5.32 Å². The van der Waals surface area contributed by atoms with E-state index in [2.05, 4.69) is 5.32 Å². The van der Waals surface area contributed by atoms with Crippen LogP contribution in [-0.2, 0) is 6.42 Å². The normalized spacial score (nSPS) is 15.8. The predicted molar refractivity (Wildman–Crippen MR) is 57.9 cm³/mol. The molecule has 1 nitrogen and oxygen atoms in total. The van der Waals surface area contributed by atoms with Crippen LogP contribution in [0, 0.1) is 0 Å². The summed E-state index contributed by atoms with van der Waals surface area (Å²) in [7, 11) is 0. The van der Waals surface area contributed by atoms with E-state index in [1.165, 1.54) is 18.4 Å². The van der Waals surface area contributed by atoms with Gasteiger partial charge in [0.15, 0.2) is 0 Å². The standard InChI is InChI=1S/C10H11Cl2N/c11-8-5-7-3-1-2-4-13-10(7)6-9(8)12/h5-6,13H,1-4H2. The number of nitrogens with one attached hydrogen (secondary N) is 1. The number of halogens is 2. The number of hydrogen-bond acceptors (Lipinski definition) is 1. The first-order chi connectivity index (χ1) is 6.27. The van der Waals surface area contributed by atoms with E-state index in [-0.39, 0.29) is 0 Å². The first-order valence-corrected chi connectivity index (χ1v) is 5.25. The number of benzene rings is 1. The average Bonchev–Trinajstić information content (AvgIpc) is 2.31. The summed E-state index contributed by atoms with van der Waals surface area (Å²) >= 11 is 11.9. The highest BCUT2D eigenvalue weighted by molar-refractivity contribution is 6.42. The zero-order valence-corrected chi connectivity index (χ0v) is 8.75. The van der Waals surface area contributed by atoms with Crippen molar-refractivity contribution in [2.24, 2.45) is 0 Å². The number of fused-ring (bicyclic) bond motifs is 1. The van der Waals surface area contributed by atoms with Crippen LogP contribution >= 0.6 is 23.2 Å². The lowest BCUT2D eigenvalue weighted by Crippen LogP contribution is -1.99. The zero-order chi connectivity index (χ0) is 9.26. The van der Waals surface area contributed by atoms with Crippen LogP contribution in [0.1, 0.15) is 18.4 Å². The first-order valence-electron chi connectivity index (χ1n) is 4.49. The zero-order valence-electron chi connectivity index (χ0n) is 7.24. The molecule has 3 heteroatoms. The molecular weight excluding hydrogens is 205 g/mol. The molecule has 1 aliphatic heterocycles. The van der Waals surface area contributed by atoms with E-state index in [9.17, 15) is 0 Å². The highest BCUT2D eigenvalue weighted by Gasteiger charge is 2.09. The van der Waals surface area contributed by atoms with Gasteiger partial charge in [0, 0.05) is 12.2 Å². The van der Waals surface area contributed by atoms with Crippen LogP contribution in [0.15, 0.2) is 12.1 Å². The maximum Gasteiger partial charge on any atom is 0.0613 e. The molecule has 0 saturated carbocycles. The van der Waals surface area contributed by atoms with Gasteiger partial charge in [-0.3, -0.25) is 0 Å². The van der Waals surface area contributed by atoms with Gasteiger partial charge < -0.3 is 5.32 Å². The van der Waals surface area contributed by atoms with Crippen molar-refractivity contribution in [1.29, 1.82) is 0 Å². The van der Waals surface area contributed by atoms with Crippen LogP contribution in [0.2, 0.25) is 10.0 Å². The minimum Gasteiger partial charge on any atom is -0.385 e. The molecule has 1 aromatic carbocycles. The molecule has 0 saturated heterocycles. The third-order valence-corrected chi connectivity index (χ3v) is 3.06. The molecule has 2 rings (SSSR count). The third-order valence-electron chi connectivity index (χ3n) is 2.33. The van der Waals surface area contributed by atoms with Crippen molar-refractivity contribution in [3.63, 3.8) is 0 Å². The maximum absolute atomic E-state index is 5.94. The molecule has 1 aliphatic rings. The lowest BCUT2D eigenvalue weighted by atomic mass is 10.1. The fourth-order valence-corrected chi connectivity index (χ4v) is 1.97. The molecule has 1 aromatic rings. The third kappa shape index (κ3) is 1.92. The average molecular weight is 216 g/mol. The van der Waals surface area contributed by atoms with E-state index in [1.807, 2.05) is 12.1 Å². The second-order valence-corrected chi connectivity index (χ2v) is 4.12. The van der Waals surface area contributed by atoms with Crippen molar-refractivity contribution in [2.75, 3.05) is 11.9 Å². The molecule has 70 valence electrons. The molecular formula is C10H11Cl2N. The summed E-state index contributed by atoms with van der Waals surface area (Å²) in [5.74, 6) is 0. The molecule has 1 heterocycles. The maximum atomic E-state index is 5.94. The van der Waals surface area contributed by atoms with Gasteiger partial charge in [-0.25, -0.2) is 0 Å². The lowest BCUT2D eigenvalue weighted by molar-refractivity contribution is 0.785. The fourth-order valence-electron chi connectivity index (χ4n) is 1.62.